The number of fused-ring (bicyclic) bond motifs is 1. The summed E-state index contributed by atoms with van der Waals surface area (Å²) in [6, 6.07) is 6.68. The average Bonchev–Trinajstić information content (AvgIpc) is 2.88. The van der Waals surface area contributed by atoms with Gasteiger partial charge in [-0.05, 0) is 54.4 Å². The molecule has 98 valence electrons. The van der Waals surface area contributed by atoms with Gasteiger partial charge in [-0.2, -0.15) is 0 Å². The van der Waals surface area contributed by atoms with Gasteiger partial charge in [-0.3, -0.25) is 0 Å². The van der Waals surface area contributed by atoms with Crippen molar-refractivity contribution in [2.24, 2.45) is 5.41 Å². The van der Waals surface area contributed by atoms with Crippen LogP contribution in [0.2, 0.25) is 0 Å². The van der Waals surface area contributed by atoms with Gasteiger partial charge in [-0.1, -0.05) is 22.0 Å². The Bertz CT molecular complexity index is 446. The van der Waals surface area contributed by atoms with Crippen molar-refractivity contribution in [2.75, 3.05) is 14.2 Å². The summed E-state index contributed by atoms with van der Waals surface area (Å²) in [7, 11) is 3.60. The van der Waals surface area contributed by atoms with E-state index < -0.39 is 0 Å². The second kappa shape index (κ2) is 4.62. The van der Waals surface area contributed by atoms with E-state index in [1.807, 2.05) is 0 Å². The molecule has 2 aliphatic carbocycles. The molecule has 2 unspecified atom stereocenters. The zero-order valence-electron chi connectivity index (χ0n) is 10.9. The summed E-state index contributed by atoms with van der Waals surface area (Å²) in [4.78, 5) is 0. The van der Waals surface area contributed by atoms with Crippen molar-refractivity contribution in [2.45, 2.75) is 37.9 Å². The van der Waals surface area contributed by atoms with Gasteiger partial charge in [0.15, 0.2) is 0 Å². The minimum absolute atomic E-state index is 0.257. The predicted octanol–water partition coefficient (Wildman–Crippen LogP) is 3.36. The summed E-state index contributed by atoms with van der Waals surface area (Å²) in [5.41, 5.74) is 3.37. The van der Waals surface area contributed by atoms with Crippen molar-refractivity contribution in [3.8, 4) is 0 Å². The third-order valence-corrected chi connectivity index (χ3v) is 5.08. The Morgan fingerprint density at radius 2 is 1.67 bits per heavy atom. The molecule has 1 spiro atoms. The fraction of sp³-hybridized carbons (Fsp3) is 0.600. The van der Waals surface area contributed by atoms with Crippen molar-refractivity contribution in [3.63, 3.8) is 0 Å². The van der Waals surface area contributed by atoms with Crippen molar-refractivity contribution in [1.29, 1.82) is 0 Å². The van der Waals surface area contributed by atoms with Crippen LogP contribution in [0.5, 0.6) is 0 Å². The second-order valence-electron chi connectivity index (χ2n) is 5.72. The van der Waals surface area contributed by atoms with Crippen molar-refractivity contribution in [1.82, 2.24) is 0 Å². The molecule has 2 aliphatic rings. The number of ether oxygens (including phenoxy) is 2. The van der Waals surface area contributed by atoms with Gasteiger partial charge in [0.05, 0.1) is 12.2 Å². The fourth-order valence-electron chi connectivity index (χ4n) is 3.76. The molecular weight excluding hydrogens is 292 g/mol. The van der Waals surface area contributed by atoms with Gasteiger partial charge in [0.2, 0.25) is 0 Å². The SMILES string of the molecule is COC1CC2(Cc3ccc(Br)cc3C2)CC1OC. The molecule has 0 N–H and O–H groups in total. The zero-order valence-corrected chi connectivity index (χ0v) is 12.5. The fourth-order valence-corrected chi connectivity index (χ4v) is 4.17. The molecule has 1 fully saturated rings. The van der Waals surface area contributed by atoms with Crippen LogP contribution in [0, 0.1) is 5.41 Å². The molecule has 3 rings (SSSR count). The molecular formula is C15H19BrO2. The van der Waals surface area contributed by atoms with E-state index >= 15 is 0 Å². The van der Waals surface area contributed by atoms with Crippen LogP contribution in [0.1, 0.15) is 24.0 Å². The maximum atomic E-state index is 5.59. The van der Waals surface area contributed by atoms with E-state index in [9.17, 15) is 0 Å². The third kappa shape index (κ3) is 2.02. The first-order valence-corrected chi connectivity index (χ1v) is 7.28. The highest BCUT2D eigenvalue weighted by molar-refractivity contribution is 9.10. The molecule has 0 bridgehead atoms. The zero-order chi connectivity index (χ0) is 12.8. The van der Waals surface area contributed by atoms with E-state index in [1.165, 1.54) is 28.4 Å². The lowest BCUT2D eigenvalue weighted by molar-refractivity contribution is -0.0157. The first-order valence-electron chi connectivity index (χ1n) is 6.49. The van der Waals surface area contributed by atoms with Gasteiger partial charge in [-0.15, -0.1) is 0 Å². The van der Waals surface area contributed by atoms with Crippen LogP contribution >= 0.6 is 15.9 Å². The molecule has 2 atom stereocenters. The van der Waals surface area contributed by atoms with E-state index in [4.69, 9.17) is 9.47 Å². The van der Waals surface area contributed by atoms with Crippen LogP contribution in [0.3, 0.4) is 0 Å². The van der Waals surface area contributed by atoms with E-state index in [1.54, 1.807) is 14.2 Å². The first kappa shape index (κ1) is 12.6. The molecule has 0 heterocycles. The summed E-state index contributed by atoms with van der Waals surface area (Å²) in [5.74, 6) is 0. The van der Waals surface area contributed by atoms with Gasteiger partial charge in [0, 0.05) is 18.7 Å². The van der Waals surface area contributed by atoms with E-state index in [0.717, 1.165) is 12.8 Å². The van der Waals surface area contributed by atoms with Gasteiger partial charge >= 0.3 is 0 Å². The quantitative estimate of drug-likeness (QED) is 0.834. The average molecular weight is 311 g/mol. The molecule has 3 heteroatoms. The number of hydrogen-bond acceptors (Lipinski definition) is 2. The van der Waals surface area contributed by atoms with Crippen molar-refractivity contribution < 1.29 is 9.47 Å². The van der Waals surface area contributed by atoms with E-state index in [0.29, 0.717) is 5.41 Å². The molecule has 1 aromatic rings. The highest BCUT2D eigenvalue weighted by Gasteiger charge is 2.48. The maximum Gasteiger partial charge on any atom is 0.0838 e. The van der Waals surface area contributed by atoms with Crippen LogP contribution in [0.4, 0.5) is 0 Å². The number of hydrogen-bond donors (Lipinski definition) is 0. The van der Waals surface area contributed by atoms with E-state index in [2.05, 4.69) is 34.1 Å². The van der Waals surface area contributed by atoms with Crippen LogP contribution in [-0.2, 0) is 22.3 Å². The largest absolute Gasteiger partial charge is 0.379 e. The summed E-state index contributed by atoms with van der Waals surface area (Å²) < 4.78 is 12.4. The standard InChI is InChI=1S/C15H19BrO2/c1-17-13-8-15(9-14(13)18-2)6-10-3-4-12(16)5-11(10)7-15/h3-5,13-14H,6-9H2,1-2H3. The molecule has 0 amide bonds. The Morgan fingerprint density at radius 3 is 2.28 bits per heavy atom. The summed E-state index contributed by atoms with van der Waals surface area (Å²) in [5, 5.41) is 0. The Labute approximate surface area is 117 Å². The Balaban J connectivity index is 1.85. The van der Waals surface area contributed by atoms with Crippen LogP contribution in [0.15, 0.2) is 22.7 Å². The lowest BCUT2D eigenvalue weighted by Crippen LogP contribution is -2.23. The molecule has 1 saturated carbocycles. The van der Waals surface area contributed by atoms with Crippen LogP contribution in [0.25, 0.3) is 0 Å². The lowest BCUT2D eigenvalue weighted by atomic mass is 9.83. The van der Waals surface area contributed by atoms with Crippen molar-refractivity contribution in [3.05, 3.63) is 33.8 Å². The Kier molecular flexibility index (Phi) is 3.25. The maximum absolute atomic E-state index is 5.59. The van der Waals surface area contributed by atoms with E-state index in [-0.39, 0.29) is 12.2 Å². The minimum atomic E-state index is 0.257. The number of rotatable bonds is 2. The number of benzene rings is 1. The second-order valence-corrected chi connectivity index (χ2v) is 6.64. The summed E-state index contributed by atoms with van der Waals surface area (Å²) >= 11 is 3.56. The van der Waals surface area contributed by atoms with Crippen LogP contribution < -0.4 is 0 Å². The number of halogens is 1. The molecule has 0 aliphatic heterocycles. The van der Waals surface area contributed by atoms with Gasteiger partial charge < -0.3 is 9.47 Å². The summed E-state index contributed by atoms with van der Waals surface area (Å²) in [6.07, 6.45) is 5.10. The monoisotopic (exact) mass is 310 g/mol. The highest BCUT2D eigenvalue weighted by Crippen LogP contribution is 2.50. The normalized spacial score (nSPS) is 34.2. The predicted molar refractivity (Wildman–Crippen MR) is 74.8 cm³/mol. The Morgan fingerprint density at radius 1 is 1.06 bits per heavy atom. The van der Waals surface area contributed by atoms with Crippen molar-refractivity contribution >= 4 is 15.9 Å². The van der Waals surface area contributed by atoms with Gasteiger partial charge in [-0.25, -0.2) is 0 Å². The molecule has 2 nitrogen and oxygen atoms in total. The Hall–Kier alpha value is -0.380. The molecule has 0 radical (unpaired) electrons. The molecule has 0 saturated heterocycles. The third-order valence-electron chi connectivity index (χ3n) is 4.59. The molecule has 0 aromatic heterocycles. The lowest BCUT2D eigenvalue weighted by Gasteiger charge is -2.22. The first-order chi connectivity index (χ1) is 8.65. The topological polar surface area (TPSA) is 18.5 Å². The minimum Gasteiger partial charge on any atom is -0.379 e. The smallest absolute Gasteiger partial charge is 0.0838 e. The highest BCUT2D eigenvalue weighted by atomic mass is 79.9. The molecule has 1 aromatic carbocycles. The number of methoxy groups -OCH3 is 2. The van der Waals surface area contributed by atoms with Gasteiger partial charge in [0.1, 0.15) is 0 Å². The van der Waals surface area contributed by atoms with Gasteiger partial charge in [0.25, 0.3) is 0 Å². The summed E-state index contributed by atoms with van der Waals surface area (Å²) in [6.45, 7) is 0. The molecule has 18 heavy (non-hydrogen) atoms. The van der Waals surface area contributed by atoms with Crippen LogP contribution in [-0.4, -0.2) is 26.4 Å².